The van der Waals surface area contributed by atoms with E-state index in [1.165, 1.54) is 25.3 Å². The first-order chi connectivity index (χ1) is 6.42. The van der Waals surface area contributed by atoms with Crippen LogP contribution in [0.25, 0.3) is 0 Å². The van der Waals surface area contributed by atoms with Crippen molar-refractivity contribution in [3.8, 4) is 5.75 Å². The van der Waals surface area contributed by atoms with Crippen LogP contribution >= 0.6 is 11.6 Å². The number of rotatable bonds is 3. The summed E-state index contributed by atoms with van der Waals surface area (Å²) in [5.74, 6) is -0.217. The molecule has 1 aromatic rings. The smallest absolute Gasteiger partial charge is 0.306 e. The van der Waals surface area contributed by atoms with Crippen molar-refractivity contribution in [3.05, 3.63) is 28.8 Å². The Bertz CT molecular complexity index is 430. The highest BCUT2D eigenvalue weighted by Gasteiger charge is 2.12. The molecule has 0 unspecified atom stereocenters. The van der Waals surface area contributed by atoms with Gasteiger partial charge >= 0.3 is 10.2 Å². The van der Waals surface area contributed by atoms with Crippen LogP contribution in [-0.2, 0) is 16.0 Å². The molecule has 0 fully saturated rings. The second-order valence-electron chi connectivity index (χ2n) is 2.64. The molecule has 1 rings (SSSR count). The summed E-state index contributed by atoms with van der Waals surface area (Å²) in [6.07, 6.45) is 0. The van der Waals surface area contributed by atoms with Gasteiger partial charge in [-0.3, -0.25) is 0 Å². The Morgan fingerprint density at radius 2 is 2.14 bits per heavy atom. The van der Waals surface area contributed by atoms with Gasteiger partial charge in [0.25, 0.3) is 0 Å². The predicted molar refractivity (Wildman–Crippen MR) is 51.7 cm³/mol. The molecule has 1 aromatic carbocycles. The maximum atomic E-state index is 12.3. The van der Waals surface area contributed by atoms with E-state index in [0.717, 1.165) is 0 Å². The molecule has 0 aliphatic carbocycles. The molecule has 0 bridgehead atoms. The molecule has 14 heavy (non-hydrogen) atoms. The highest BCUT2D eigenvalue weighted by atomic mass is 35.5. The van der Waals surface area contributed by atoms with Crippen molar-refractivity contribution >= 4 is 21.8 Å². The lowest BCUT2D eigenvalue weighted by molar-refractivity contribution is 0.414. The molecule has 0 heterocycles. The van der Waals surface area contributed by atoms with Gasteiger partial charge < -0.3 is 4.74 Å². The van der Waals surface area contributed by atoms with Crippen LogP contribution in [0, 0.1) is 0 Å². The fourth-order valence-corrected chi connectivity index (χ4v) is 1.90. The highest BCUT2D eigenvalue weighted by molar-refractivity contribution is 7.85. The van der Waals surface area contributed by atoms with Gasteiger partial charge in [-0.2, -0.15) is 8.42 Å². The van der Waals surface area contributed by atoms with E-state index in [4.69, 9.17) is 16.3 Å². The van der Waals surface area contributed by atoms with Gasteiger partial charge in [-0.05, 0) is 17.7 Å². The molecule has 0 aromatic heterocycles. The summed E-state index contributed by atoms with van der Waals surface area (Å²) in [4.78, 5) is 0. The van der Waals surface area contributed by atoms with E-state index in [9.17, 15) is 12.3 Å². The minimum atomic E-state index is -4.54. The zero-order valence-corrected chi connectivity index (χ0v) is 8.90. The highest BCUT2D eigenvalue weighted by Crippen LogP contribution is 2.24. The average Bonchev–Trinajstić information content (AvgIpc) is 2.06. The van der Waals surface area contributed by atoms with Crippen LogP contribution in [0.15, 0.2) is 18.2 Å². The maximum absolute atomic E-state index is 12.3. The Hall–Kier alpha value is -0.810. The molecule has 0 spiro atoms. The van der Waals surface area contributed by atoms with Crippen LogP contribution < -0.4 is 4.74 Å². The Morgan fingerprint density at radius 1 is 1.50 bits per heavy atom. The van der Waals surface area contributed by atoms with Crippen LogP contribution in [0.4, 0.5) is 3.89 Å². The van der Waals surface area contributed by atoms with Gasteiger partial charge in [0.15, 0.2) is 0 Å². The molecule has 0 atom stereocenters. The first-order valence-corrected chi connectivity index (χ1v) is 5.60. The average molecular weight is 239 g/mol. The van der Waals surface area contributed by atoms with Crippen molar-refractivity contribution in [2.75, 3.05) is 7.11 Å². The SMILES string of the molecule is COc1ccc(CS(=O)(=O)F)c(Cl)c1. The van der Waals surface area contributed by atoms with Crippen molar-refractivity contribution in [2.45, 2.75) is 5.75 Å². The van der Waals surface area contributed by atoms with E-state index >= 15 is 0 Å². The number of benzene rings is 1. The molecular weight excluding hydrogens is 231 g/mol. The minimum absolute atomic E-state index is 0.172. The molecule has 78 valence electrons. The van der Waals surface area contributed by atoms with Crippen molar-refractivity contribution in [1.82, 2.24) is 0 Å². The number of ether oxygens (including phenoxy) is 1. The van der Waals surface area contributed by atoms with Crippen LogP contribution in [0.5, 0.6) is 5.75 Å². The lowest BCUT2D eigenvalue weighted by atomic mass is 10.2. The summed E-state index contributed by atoms with van der Waals surface area (Å²) >= 11 is 5.70. The Morgan fingerprint density at radius 3 is 2.57 bits per heavy atom. The molecule has 0 amide bonds. The van der Waals surface area contributed by atoms with Crippen LogP contribution in [0.1, 0.15) is 5.56 Å². The van der Waals surface area contributed by atoms with Crippen molar-refractivity contribution in [2.24, 2.45) is 0 Å². The fourth-order valence-electron chi connectivity index (χ4n) is 0.958. The maximum Gasteiger partial charge on any atom is 0.306 e. The predicted octanol–water partition coefficient (Wildman–Crippen LogP) is 2.15. The van der Waals surface area contributed by atoms with Crippen LogP contribution in [0.2, 0.25) is 5.02 Å². The molecular formula is C8H8ClFO3S. The molecule has 3 nitrogen and oxygen atoms in total. The Kier molecular flexibility index (Phi) is 3.34. The largest absolute Gasteiger partial charge is 0.497 e. The molecule has 0 saturated heterocycles. The van der Waals surface area contributed by atoms with Crippen LogP contribution in [0.3, 0.4) is 0 Å². The molecule has 0 saturated carbocycles. The van der Waals surface area contributed by atoms with E-state index in [-0.39, 0.29) is 10.6 Å². The fraction of sp³-hybridized carbons (Fsp3) is 0.250. The normalized spacial score (nSPS) is 11.4. The van der Waals surface area contributed by atoms with Crippen LogP contribution in [-0.4, -0.2) is 15.5 Å². The van der Waals surface area contributed by atoms with E-state index < -0.39 is 16.0 Å². The van der Waals surface area contributed by atoms with E-state index in [1.807, 2.05) is 0 Å². The van der Waals surface area contributed by atoms with Gasteiger partial charge in [0, 0.05) is 5.02 Å². The van der Waals surface area contributed by atoms with E-state index in [0.29, 0.717) is 5.75 Å². The zero-order valence-electron chi connectivity index (χ0n) is 7.33. The summed E-state index contributed by atoms with van der Waals surface area (Å²) in [5.41, 5.74) is 0.218. The second-order valence-corrected chi connectivity index (χ2v) is 4.41. The van der Waals surface area contributed by atoms with Crippen molar-refractivity contribution in [3.63, 3.8) is 0 Å². The topological polar surface area (TPSA) is 43.4 Å². The van der Waals surface area contributed by atoms with Gasteiger partial charge in [-0.15, -0.1) is 3.89 Å². The van der Waals surface area contributed by atoms with Gasteiger partial charge in [0.1, 0.15) is 11.5 Å². The third-order valence-corrected chi connectivity index (χ3v) is 2.60. The molecule has 0 N–H and O–H groups in total. The first kappa shape index (κ1) is 11.3. The summed E-state index contributed by atoms with van der Waals surface area (Å²) < 4.78 is 37.9. The lowest BCUT2D eigenvalue weighted by Gasteiger charge is -2.03. The monoisotopic (exact) mass is 238 g/mol. The number of hydrogen-bond acceptors (Lipinski definition) is 3. The van der Waals surface area contributed by atoms with Crippen molar-refractivity contribution in [1.29, 1.82) is 0 Å². The van der Waals surface area contributed by atoms with E-state index in [2.05, 4.69) is 0 Å². The Labute approximate surface area is 86.7 Å². The van der Waals surface area contributed by atoms with Gasteiger partial charge in [0.05, 0.1) is 7.11 Å². The summed E-state index contributed by atoms with van der Waals surface area (Å²) in [6.45, 7) is 0. The first-order valence-electron chi connectivity index (χ1n) is 3.67. The summed E-state index contributed by atoms with van der Waals surface area (Å²) in [7, 11) is -3.09. The third kappa shape index (κ3) is 3.16. The number of hydrogen-bond donors (Lipinski definition) is 0. The molecule has 0 aliphatic heterocycles. The zero-order chi connectivity index (χ0) is 10.8. The number of halogens is 2. The Balaban J connectivity index is 3.01. The third-order valence-electron chi connectivity index (χ3n) is 1.59. The quantitative estimate of drug-likeness (QED) is 0.758. The van der Waals surface area contributed by atoms with E-state index in [1.54, 1.807) is 0 Å². The minimum Gasteiger partial charge on any atom is -0.497 e. The van der Waals surface area contributed by atoms with Gasteiger partial charge in [-0.25, -0.2) is 0 Å². The second kappa shape index (κ2) is 4.14. The van der Waals surface area contributed by atoms with Gasteiger partial charge in [0.2, 0.25) is 0 Å². The molecule has 0 aliphatic rings. The number of methoxy groups -OCH3 is 1. The standard InChI is InChI=1S/C8H8ClFO3S/c1-13-7-3-2-6(8(9)4-7)5-14(10,11)12/h2-4H,5H2,1H3. The molecule has 6 heteroatoms. The summed E-state index contributed by atoms with van der Waals surface area (Å²) in [6, 6.07) is 4.37. The van der Waals surface area contributed by atoms with Gasteiger partial charge in [-0.1, -0.05) is 17.7 Å². The molecule has 0 radical (unpaired) electrons. The summed E-state index contributed by atoms with van der Waals surface area (Å²) in [5, 5.41) is 0.172. The lowest BCUT2D eigenvalue weighted by Crippen LogP contribution is -1.97. The van der Waals surface area contributed by atoms with Crippen molar-refractivity contribution < 1.29 is 17.0 Å².